The maximum Gasteiger partial charge on any atom is 0.00340 e. The summed E-state index contributed by atoms with van der Waals surface area (Å²) in [5, 5.41) is 1.10. The Balaban J connectivity index is 2.62. The Bertz CT molecular complexity index is 230. The van der Waals surface area contributed by atoms with Crippen molar-refractivity contribution in [1.29, 1.82) is 0 Å². The van der Waals surface area contributed by atoms with Gasteiger partial charge < -0.3 is 0 Å². The number of rotatable bonds is 4. The van der Waals surface area contributed by atoms with Crippen LogP contribution in [0.4, 0.5) is 0 Å². The van der Waals surface area contributed by atoms with Gasteiger partial charge in [0.2, 0.25) is 0 Å². The van der Waals surface area contributed by atoms with Crippen molar-refractivity contribution in [2.24, 2.45) is 5.92 Å². The van der Waals surface area contributed by atoms with Gasteiger partial charge >= 0.3 is 0 Å². The molecule has 2 atom stereocenters. The van der Waals surface area contributed by atoms with Gasteiger partial charge in [-0.25, -0.2) is 0 Å². The van der Waals surface area contributed by atoms with Crippen LogP contribution in [0.5, 0.6) is 0 Å². The summed E-state index contributed by atoms with van der Waals surface area (Å²) >= 11 is 3.49. The lowest BCUT2D eigenvalue weighted by atomic mass is 9.87. The zero-order chi connectivity index (χ0) is 9.68. The molecule has 0 aliphatic carbocycles. The van der Waals surface area contributed by atoms with Gasteiger partial charge in [-0.3, -0.25) is 0 Å². The molecule has 0 saturated heterocycles. The molecule has 0 nitrogen and oxygen atoms in total. The van der Waals surface area contributed by atoms with Crippen LogP contribution in [0, 0.1) is 5.92 Å². The van der Waals surface area contributed by atoms with Crippen LogP contribution in [0.1, 0.15) is 31.7 Å². The highest BCUT2D eigenvalue weighted by atomic mass is 79.9. The summed E-state index contributed by atoms with van der Waals surface area (Å²) in [5.41, 5.74) is 1.45. The van der Waals surface area contributed by atoms with Crippen molar-refractivity contribution >= 4 is 15.9 Å². The summed E-state index contributed by atoms with van der Waals surface area (Å²) in [5.74, 6) is 1.42. The van der Waals surface area contributed by atoms with E-state index in [-0.39, 0.29) is 0 Å². The van der Waals surface area contributed by atoms with Crippen LogP contribution in [0.25, 0.3) is 0 Å². The molecule has 0 fully saturated rings. The number of hydrogen-bond donors (Lipinski definition) is 0. The Kier molecular flexibility index (Phi) is 4.51. The molecule has 0 saturated carbocycles. The fourth-order valence-electron chi connectivity index (χ4n) is 1.51. The fraction of sp³-hybridized carbons (Fsp3) is 0.500. The predicted molar refractivity (Wildman–Crippen MR) is 62.4 cm³/mol. The zero-order valence-electron chi connectivity index (χ0n) is 8.33. The highest BCUT2D eigenvalue weighted by Crippen LogP contribution is 2.26. The Morgan fingerprint density at radius 3 is 2.31 bits per heavy atom. The third-order valence-corrected chi connectivity index (χ3v) is 3.20. The second kappa shape index (κ2) is 5.43. The largest absolute Gasteiger partial charge is 0.0928 e. The van der Waals surface area contributed by atoms with Crippen molar-refractivity contribution in [3.05, 3.63) is 35.9 Å². The van der Waals surface area contributed by atoms with Gasteiger partial charge in [-0.15, -0.1) is 0 Å². The molecule has 1 aromatic carbocycles. The van der Waals surface area contributed by atoms with Gasteiger partial charge in [0.25, 0.3) is 0 Å². The maximum absolute atomic E-state index is 3.49. The van der Waals surface area contributed by atoms with Crippen molar-refractivity contribution in [2.45, 2.75) is 26.2 Å². The molecule has 0 aliphatic heterocycles. The number of benzene rings is 1. The summed E-state index contributed by atoms with van der Waals surface area (Å²) in [6.45, 7) is 4.63. The lowest BCUT2D eigenvalue weighted by Gasteiger charge is -2.19. The van der Waals surface area contributed by atoms with E-state index in [1.807, 2.05) is 0 Å². The summed E-state index contributed by atoms with van der Waals surface area (Å²) in [6.07, 6.45) is 1.25. The number of alkyl halides is 1. The standard InChI is InChI=1S/C12H17Br/c1-10(8-9-13)11(2)12-6-4-3-5-7-12/h3-7,10-11H,8-9H2,1-2H3. The molecule has 0 aliphatic rings. The number of hydrogen-bond acceptors (Lipinski definition) is 0. The van der Waals surface area contributed by atoms with E-state index in [0.717, 1.165) is 11.2 Å². The van der Waals surface area contributed by atoms with E-state index in [1.165, 1.54) is 12.0 Å². The van der Waals surface area contributed by atoms with Crippen molar-refractivity contribution in [1.82, 2.24) is 0 Å². The van der Waals surface area contributed by atoms with E-state index >= 15 is 0 Å². The van der Waals surface area contributed by atoms with E-state index < -0.39 is 0 Å². The first-order chi connectivity index (χ1) is 6.25. The highest BCUT2D eigenvalue weighted by Gasteiger charge is 2.12. The Hall–Kier alpha value is -0.300. The topological polar surface area (TPSA) is 0 Å². The first-order valence-corrected chi connectivity index (χ1v) is 5.98. The highest BCUT2D eigenvalue weighted by molar-refractivity contribution is 9.09. The van der Waals surface area contributed by atoms with E-state index in [9.17, 15) is 0 Å². The summed E-state index contributed by atoms with van der Waals surface area (Å²) in [4.78, 5) is 0. The second-order valence-corrected chi connectivity index (χ2v) is 4.45. The van der Waals surface area contributed by atoms with Crippen LogP contribution in [0.3, 0.4) is 0 Å². The van der Waals surface area contributed by atoms with Crippen LogP contribution in [0.15, 0.2) is 30.3 Å². The Labute approximate surface area is 89.5 Å². The molecule has 0 aromatic heterocycles. The van der Waals surface area contributed by atoms with Crippen LogP contribution in [-0.2, 0) is 0 Å². The lowest BCUT2D eigenvalue weighted by molar-refractivity contribution is 0.478. The van der Waals surface area contributed by atoms with Crippen molar-refractivity contribution in [2.75, 3.05) is 5.33 Å². The summed E-state index contributed by atoms with van der Waals surface area (Å²) in [7, 11) is 0. The van der Waals surface area contributed by atoms with Gasteiger partial charge in [0, 0.05) is 5.33 Å². The smallest absolute Gasteiger partial charge is 0.00340 e. The molecule has 1 rings (SSSR count). The molecule has 0 bridgehead atoms. The molecule has 0 heterocycles. The fourth-order valence-corrected chi connectivity index (χ4v) is 2.23. The average Bonchev–Trinajstić information content (AvgIpc) is 2.18. The van der Waals surface area contributed by atoms with Gasteiger partial charge in [-0.2, -0.15) is 0 Å². The minimum absolute atomic E-state index is 0.666. The van der Waals surface area contributed by atoms with Crippen molar-refractivity contribution in [3.8, 4) is 0 Å². The number of halogens is 1. The minimum Gasteiger partial charge on any atom is -0.0928 e. The van der Waals surface area contributed by atoms with E-state index in [0.29, 0.717) is 5.92 Å². The van der Waals surface area contributed by atoms with E-state index in [2.05, 4.69) is 60.1 Å². The lowest BCUT2D eigenvalue weighted by Crippen LogP contribution is -2.06. The van der Waals surface area contributed by atoms with E-state index in [4.69, 9.17) is 0 Å². The molecular formula is C12H17Br. The average molecular weight is 241 g/mol. The second-order valence-electron chi connectivity index (χ2n) is 3.65. The Morgan fingerprint density at radius 2 is 1.77 bits per heavy atom. The monoisotopic (exact) mass is 240 g/mol. The summed E-state index contributed by atoms with van der Waals surface area (Å²) < 4.78 is 0. The molecule has 72 valence electrons. The maximum atomic E-state index is 3.49. The predicted octanol–water partition coefficient (Wildman–Crippen LogP) is 4.21. The first kappa shape index (κ1) is 10.8. The first-order valence-electron chi connectivity index (χ1n) is 4.86. The van der Waals surface area contributed by atoms with Crippen LogP contribution < -0.4 is 0 Å². The molecule has 1 aromatic rings. The van der Waals surface area contributed by atoms with Crippen LogP contribution >= 0.6 is 15.9 Å². The molecule has 0 radical (unpaired) electrons. The molecule has 0 amide bonds. The minimum atomic E-state index is 0.666. The quantitative estimate of drug-likeness (QED) is 0.692. The molecular weight excluding hydrogens is 224 g/mol. The zero-order valence-corrected chi connectivity index (χ0v) is 9.92. The molecule has 1 heteroatoms. The molecule has 2 unspecified atom stereocenters. The van der Waals surface area contributed by atoms with Crippen molar-refractivity contribution < 1.29 is 0 Å². The van der Waals surface area contributed by atoms with Gasteiger partial charge in [0.1, 0.15) is 0 Å². The summed E-state index contributed by atoms with van der Waals surface area (Å²) in [6, 6.07) is 10.7. The molecule has 0 N–H and O–H groups in total. The molecule has 13 heavy (non-hydrogen) atoms. The van der Waals surface area contributed by atoms with Crippen LogP contribution in [0.2, 0.25) is 0 Å². The van der Waals surface area contributed by atoms with Gasteiger partial charge in [0.05, 0.1) is 0 Å². The van der Waals surface area contributed by atoms with Gasteiger partial charge in [-0.05, 0) is 23.8 Å². The normalized spacial score (nSPS) is 15.3. The van der Waals surface area contributed by atoms with Gasteiger partial charge in [-0.1, -0.05) is 60.1 Å². The van der Waals surface area contributed by atoms with Crippen molar-refractivity contribution in [3.63, 3.8) is 0 Å². The third-order valence-electron chi connectivity index (χ3n) is 2.74. The molecule has 0 spiro atoms. The SMILES string of the molecule is CC(CCBr)C(C)c1ccccc1. The Morgan fingerprint density at radius 1 is 1.15 bits per heavy atom. The van der Waals surface area contributed by atoms with Gasteiger partial charge in [0.15, 0.2) is 0 Å². The third kappa shape index (κ3) is 3.15. The van der Waals surface area contributed by atoms with E-state index in [1.54, 1.807) is 0 Å². The van der Waals surface area contributed by atoms with Crippen LogP contribution in [-0.4, -0.2) is 5.33 Å².